The maximum Gasteiger partial charge on any atom is 0.276 e. The Morgan fingerprint density at radius 1 is 1.05 bits per heavy atom. The molecule has 6 rings (SSSR count). The van der Waals surface area contributed by atoms with Gasteiger partial charge in [0.1, 0.15) is 23.7 Å². The molecule has 0 radical (unpaired) electrons. The first-order valence-electron chi connectivity index (χ1n) is 13.3. The van der Waals surface area contributed by atoms with Gasteiger partial charge in [0.15, 0.2) is 0 Å². The number of pyridine rings is 1. The number of benzene rings is 2. The first kappa shape index (κ1) is 25.6. The number of para-hydroxylation sites is 1. The number of amides is 1. The minimum absolute atomic E-state index is 0.164. The van der Waals surface area contributed by atoms with Gasteiger partial charge in [0.2, 0.25) is 5.95 Å². The third-order valence-corrected chi connectivity index (χ3v) is 7.12. The van der Waals surface area contributed by atoms with Crippen LogP contribution in [0, 0.1) is 6.92 Å². The lowest BCUT2D eigenvalue weighted by Crippen LogP contribution is -2.44. The summed E-state index contributed by atoms with van der Waals surface area (Å²) in [6.07, 6.45) is 3.67. The molecule has 40 heavy (non-hydrogen) atoms. The number of nitrogens with zero attached hydrogens (tertiary/aromatic N) is 5. The predicted octanol–water partition coefficient (Wildman–Crippen LogP) is 4.31. The molecule has 1 N–H and O–H groups in total. The summed E-state index contributed by atoms with van der Waals surface area (Å²) in [6, 6.07) is 15.2. The second-order valence-electron chi connectivity index (χ2n) is 9.71. The molecule has 4 heterocycles. The standard InChI is InChI=1S/C30H30N6O4/c1-3-26(37)35-13-12-34(24-10-4-7-20(2)27(24)35)25-17-21-19-31-30-32-22-8-5-9-23(18-22)40-16-15-39-14-6-11-36(29(25)38)28(21)33-30/h3-5,7-10,17-19H,1,6,11-16H2,2H3,(H,31,32,33). The molecule has 0 atom stereocenters. The molecule has 10 heteroatoms. The Kier molecular flexibility index (Phi) is 6.91. The zero-order valence-corrected chi connectivity index (χ0v) is 22.3. The van der Waals surface area contributed by atoms with Crippen LogP contribution in [0.2, 0.25) is 0 Å². The van der Waals surface area contributed by atoms with Gasteiger partial charge >= 0.3 is 0 Å². The zero-order valence-electron chi connectivity index (χ0n) is 22.3. The van der Waals surface area contributed by atoms with Gasteiger partial charge < -0.3 is 24.6 Å². The van der Waals surface area contributed by atoms with Crippen molar-refractivity contribution in [3.63, 3.8) is 0 Å². The molecule has 4 aromatic rings. The number of carbonyl (C=O) groups excluding carboxylic acids is 1. The number of fused-ring (bicyclic) bond motifs is 4. The van der Waals surface area contributed by atoms with E-state index in [4.69, 9.17) is 14.5 Å². The Morgan fingerprint density at radius 3 is 2.80 bits per heavy atom. The van der Waals surface area contributed by atoms with Crippen molar-refractivity contribution in [1.82, 2.24) is 14.5 Å². The summed E-state index contributed by atoms with van der Waals surface area (Å²) >= 11 is 0. The van der Waals surface area contributed by atoms with E-state index in [9.17, 15) is 9.59 Å². The summed E-state index contributed by atoms with van der Waals surface area (Å²) in [5, 5.41) is 3.97. The smallest absolute Gasteiger partial charge is 0.276 e. The number of nitrogens with one attached hydrogen (secondary N) is 1. The molecule has 1 amide bonds. The van der Waals surface area contributed by atoms with Crippen molar-refractivity contribution in [3.05, 3.63) is 83.3 Å². The highest BCUT2D eigenvalue weighted by molar-refractivity contribution is 6.05. The van der Waals surface area contributed by atoms with Crippen LogP contribution in [0.25, 0.3) is 11.0 Å². The average Bonchev–Trinajstić information content (AvgIpc) is 2.97. The minimum atomic E-state index is -0.167. The molecule has 204 valence electrons. The van der Waals surface area contributed by atoms with Crippen molar-refractivity contribution in [2.45, 2.75) is 19.9 Å². The molecule has 2 aromatic carbocycles. The van der Waals surface area contributed by atoms with Crippen LogP contribution >= 0.6 is 0 Å². The average molecular weight is 539 g/mol. The van der Waals surface area contributed by atoms with E-state index in [-0.39, 0.29) is 11.5 Å². The Labute approximate surface area is 231 Å². The second kappa shape index (κ2) is 10.8. The van der Waals surface area contributed by atoms with Gasteiger partial charge in [-0.15, -0.1) is 0 Å². The highest BCUT2D eigenvalue weighted by atomic mass is 16.5. The Balaban J connectivity index is 1.47. The fourth-order valence-electron chi connectivity index (χ4n) is 5.27. The maximum atomic E-state index is 14.1. The van der Waals surface area contributed by atoms with E-state index in [1.807, 2.05) is 60.4 Å². The summed E-state index contributed by atoms with van der Waals surface area (Å²) in [4.78, 5) is 39.8. The van der Waals surface area contributed by atoms with Gasteiger partial charge in [-0.2, -0.15) is 4.98 Å². The normalized spacial score (nSPS) is 15.4. The lowest BCUT2D eigenvalue weighted by Gasteiger charge is -2.38. The van der Waals surface area contributed by atoms with Gasteiger partial charge in [0.05, 0.1) is 18.0 Å². The molecule has 0 unspecified atom stereocenters. The third kappa shape index (κ3) is 4.77. The lowest BCUT2D eigenvalue weighted by atomic mass is 10.1. The van der Waals surface area contributed by atoms with E-state index < -0.39 is 0 Å². The highest BCUT2D eigenvalue weighted by Crippen LogP contribution is 2.39. The molecule has 0 saturated heterocycles. The van der Waals surface area contributed by atoms with E-state index in [1.54, 1.807) is 15.7 Å². The Bertz CT molecular complexity index is 1670. The SMILES string of the molecule is C=CC(=O)N1CCN(c2cc3cnc4nc3n(c2=O)CCCOCCOc2cccc(c2)N4)c2cccc(C)c21. The quantitative estimate of drug-likeness (QED) is 0.377. The van der Waals surface area contributed by atoms with Crippen LogP contribution in [-0.2, 0) is 16.1 Å². The summed E-state index contributed by atoms with van der Waals surface area (Å²) < 4.78 is 13.3. The molecule has 2 aromatic heterocycles. The van der Waals surface area contributed by atoms with E-state index in [0.717, 1.165) is 33.8 Å². The molecule has 2 aliphatic rings. The first-order chi connectivity index (χ1) is 19.5. The Morgan fingerprint density at radius 2 is 1.93 bits per heavy atom. The molecule has 0 fully saturated rings. The van der Waals surface area contributed by atoms with Gasteiger partial charge in [0.25, 0.3) is 11.5 Å². The number of aryl methyl sites for hydroxylation is 2. The Hall–Kier alpha value is -4.70. The summed E-state index contributed by atoms with van der Waals surface area (Å²) in [6.45, 7) is 8.27. The molecule has 2 aliphatic heterocycles. The van der Waals surface area contributed by atoms with E-state index >= 15 is 0 Å². The van der Waals surface area contributed by atoms with Gasteiger partial charge in [0, 0.05) is 49.6 Å². The third-order valence-electron chi connectivity index (χ3n) is 7.12. The van der Waals surface area contributed by atoms with Crippen molar-refractivity contribution in [2.75, 3.05) is 48.0 Å². The largest absolute Gasteiger partial charge is 0.491 e. The molecule has 0 spiro atoms. The first-order valence-corrected chi connectivity index (χ1v) is 13.3. The van der Waals surface area contributed by atoms with Crippen molar-refractivity contribution in [2.24, 2.45) is 0 Å². The molecular weight excluding hydrogens is 508 g/mol. The number of hydrogen-bond donors (Lipinski definition) is 1. The number of aromatic nitrogens is 3. The number of anilines is 5. The van der Waals surface area contributed by atoms with E-state index in [1.165, 1.54) is 6.08 Å². The van der Waals surface area contributed by atoms with Gasteiger partial charge in [-0.05, 0) is 49.2 Å². The van der Waals surface area contributed by atoms with Crippen LogP contribution in [0.1, 0.15) is 12.0 Å². The minimum Gasteiger partial charge on any atom is -0.491 e. The summed E-state index contributed by atoms with van der Waals surface area (Å²) in [5.41, 5.74) is 4.18. The maximum absolute atomic E-state index is 14.1. The zero-order chi connectivity index (χ0) is 27.6. The molecular formula is C30H30N6O4. The van der Waals surface area contributed by atoms with Gasteiger partial charge in [-0.25, -0.2) is 4.98 Å². The van der Waals surface area contributed by atoms with E-state index in [0.29, 0.717) is 63.2 Å². The molecule has 0 aliphatic carbocycles. The van der Waals surface area contributed by atoms with Crippen molar-refractivity contribution in [1.29, 1.82) is 0 Å². The number of carbonyl (C=O) groups is 1. The fourth-order valence-corrected chi connectivity index (χ4v) is 5.27. The lowest BCUT2D eigenvalue weighted by molar-refractivity contribution is -0.114. The van der Waals surface area contributed by atoms with Crippen LogP contribution in [0.4, 0.5) is 28.7 Å². The predicted molar refractivity (Wildman–Crippen MR) is 155 cm³/mol. The fraction of sp³-hybridized carbons (Fsp3) is 0.267. The van der Waals surface area contributed by atoms with Crippen LogP contribution in [0.5, 0.6) is 5.75 Å². The van der Waals surface area contributed by atoms with Crippen LogP contribution < -0.4 is 25.4 Å². The van der Waals surface area contributed by atoms with Crippen molar-refractivity contribution >= 4 is 45.6 Å². The van der Waals surface area contributed by atoms with Crippen LogP contribution in [0.15, 0.2) is 72.2 Å². The van der Waals surface area contributed by atoms with Crippen LogP contribution in [0.3, 0.4) is 0 Å². The van der Waals surface area contributed by atoms with Crippen molar-refractivity contribution < 1.29 is 14.3 Å². The summed E-state index contributed by atoms with van der Waals surface area (Å²) in [5.74, 6) is 0.935. The molecule has 10 nitrogen and oxygen atoms in total. The van der Waals surface area contributed by atoms with Crippen LogP contribution in [-0.4, -0.2) is 53.4 Å². The molecule has 0 saturated carbocycles. The highest BCUT2D eigenvalue weighted by Gasteiger charge is 2.30. The van der Waals surface area contributed by atoms with Crippen molar-refractivity contribution in [3.8, 4) is 5.75 Å². The topological polar surface area (TPSA) is 102 Å². The van der Waals surface area contributed by atoms with E-state index in [2.05, 4.69) is 16.9 Å². The molecule has 4 bridgehead atoms. The summed E-state index contributed by atoms with van der Waals surface area (Å²) in [7, 11) is 0. The number of hydrogen-bond acceptors (Lipinski definition) is 8. The number of rotatable bonds is 2. The number of ether oxygens (including phenoxy) is 2. The monoisotopic (exact) mass is 538 g/mol. The van der Waals surface area contributed by atoms with Gasteiger partial charge in [-0.3, -0.25) is 14.2 Å². The second-order valence-corrected chi connectivity index (χ2v) is 9.71. The van der Waals surface area contributed by atoms with Gasteiger partial charge in [-0.1, -0.05) is 24.8 Å².